The van der Waals surface area contributed by atoms with Crippen molar-refractivity contribution >= 4 is 10.0 Å². The normalized spacial score (nSPS) is 18.7. The van der Waals surface area contributed by atoms with Crippen molar-refractivity contribution in [2.24, 2.45) is 0 Å². The van der Waals surface area contributed by atoms with E-state index in [9.17, 15) is 8.42 Å². The van der Waals surface area contributed by atoms with Crippen molar-refractivity contribution in [3.8, 4) is 0 Å². The van der Waals surface area contributed by atoms with Gasteiger partial charge in [0.15, 0.2) is 5.03 Å². The van der Waals surface area contributed by atoms with Crippen LogP contribution in [-0.4, -0.2) is 86.1 Å². The fourth-order valence-corrected chi connectivity index (χ4v) is 4.17. The highest BCUT2D eigenvalue weighted by Crippen LogP contribution is 2.22. The largest absolute Gasteiger partial charge is 0.308 e. The molecule has 2 rings (SSSR count). The Morgan fingerprint density at radius 3 is 2.52 bits per heavy atom. The number of aromatic nitrogens is 2. The van der Waals surface area contributed by atoms with E-state index < -0.39 is 10.0 Å². The molecule has 0 aromatic carbocycles. The molecule has 1 aliphatic heterocycles. The van der Waals surface area contributed by atoms with Crippen LogP contribution in [0.2, 0.25) is 0 Å². The number of likely N-dealkylation sites (tertiary alicyclic amines) is 1. The summed E-state index contributed by atoms with van der Waals surface area (Å²) in [5.41, 5.74) is 0. The summed E-state index contributed by atoms with van der Waals surface area (Å²) in [5.74, 6) is 0. The number of hydrogen-bond acceptors (Lipinski definition) is 5. The van der Waals surface area contributed by atoms with Crippen molar-refractivity contribution in [2.75, 3.05) is 47.3 Å². The van der Waals surface area contributed by atoms with Gasteiger partial charge in [0.2, 0.25) is 0 Å². The molecule has 1 aromatic heterocycles. The Morgan fingerprint density at radius 1 is 1.33 bits per heavy atom. The molecule has 0 aliphatic carbocycles. The number of aromatic amines is 1. The summed E-state index contributed by atoms with van der Waals surface area (Å²) in [5, 5.41) is 6.54. The third-order valence-corrected chi connectivity index (χ3v) is 5.81. The lowest BCUT2D eigenvalue weighted by Gasteiger charge is -2.36. The van der Waals surface area contributed by atoms with Gasteiger partial charge in [0.1, 0.15) is 0 Å². The molecule has 0 unspecified atom stereocenters. The monoisotopic (exact) mass is 315 g/mol. The average Bonchev–Trinajstić information content (AvgIpc) is 2.95. The molecule has 7 nitrogen and oxygen atoms in total. The number of H-pyrrole nitrogens is 1. The number of nitrogens with zero attached hydrogens (tertiary/aromatic N) is 4. The lowest BCUT2D eigenvalue weighted by atomic mass is 10.1. The quantitative estimate of drug-likeness (QED) is 0.803. The van der Waals surface area contributed by atoms with E-state index in [0.29, 0.717) is 13.1 Å². The molecule has 1 fully saturated rings. The molecule has 8 heteroatoms. The molecule has 1 aliphatic rings. The highest BCUT2D eigenvalue weighted by molar-refractivity contribution is 7.89. The minimum atomic E-state index is -3.50. The first kappa shape index (κ1) is 16.4. The number of rotatable bonds is 6. The van der Waals surface area contributed by atoms with Gasteiger partial charge in [0.05, 0.1) is 6.20 Å². The van der Waals surface area contributed by atoms with Crippen LogP contribution in [-0.2, 0) is 10.0 Å². The van der Waals surface area contributed by atoms with Crippen molar-refractivity contribution in [3.63, 3.8) is 0 Å². The Balaban J connectivity index is 2.19. The van der Waals surface area contributed by atoms with Crippen LogP contribution < -0.4 is 0 Å². The summed E-state index contributed by atoms with van der Waals surface area (Å²) in [6.07, 6.45) is 3.22. The Labute approximate surface area is 127 Å². The van der Waals surface area contributed by atoms with Gasteiger partial charge in [-0.3, -0.25) is 5.10 Å². The van der Waals surface area contributed by atoms with Crippen molar-refractivity contribution in [3.05, 3.63) is 12.3 Å². The third-order valence-electron chi connectivity index (χ3n) is 3.92. The van der Waals surface area contributed by atoms with Crippen LogP contribution >= 0.6 is 0 Å². The van der Waals surface area contributed by atoms with Gasteiger partial charge in [-0.25, -0.2) is 8.42 Å². The molecular formula is C13H25N5O2S. The molecule has 0 bridgehead atoms. The summed E-state index contributed by atoms with van der Waals surface area (Å²) in [7, 11) is 2.48. The van der Waals surface area contributed by atoms with Gasteiger partial charge >= 0.3 is 0 Å². The van der Waals surface area contributed by atoms with Crippen LogP contribution in [0.1, 0.15) is 12.8 Å². The molecule has 21 heavy (non-hydrogen) atoms. The first-order valence-electron chi connectivity index (χ1n) is 7.26. The summed E-state index contributed by atoms with van der Waals surface area (Å²) in [4.78, 5) is 4.24. The van der Waals surface area contributed by atoms with E-state index in [1.807, 2.05) is 19.0 Å². The Hall–Kier alpha value is -0.960. The van der Waals surface area contributed by atoms with Crippen molar-refractivity contribution < 1.29 is 8.42 Å². The molecule has 2 heterocycles. The summed E-state index contributed by atoms with van der Waals surface area (Å²) in [6.45, 7) is 3.08. The van der Waals surface area contributed by atoms with Crippen LogP contribution in [0.25, 0.3) is 0 Å². The van der Waals surface area contributed by atoms with Gasteiger partial charge < -0.3 is 9.80 Å². The predicted octanol–water partition coefficient (Wildman–Crippen LogP) is 0.0562. The van der Waals surface area contributed by atoms with E-state index in [0.717, 1.165) is 25.9 Å². The highest BCUT2D eigenvalue weighted by Gasteiger charge is 2.33. The zero-order chi connectivity index (χ0) is 15.5. The third kappa shape index (κ3) is 4.03. The van der Waals surface area contributed by atoms with E-state index in [1.165, 1.54) is 12.3 Å². The van der Waals surface area contributed by atoms with E-state index >= 15 is 0 Å². The van der Waals surface area contributed by atoms with Gasteiger partial charge in [-0.05, 0) is 53.1 Å². The van der Waals surface area contributed by atoms with E-state index in [1.54, 1.807) is 4.31 Å². The SMILES string of the molecule is CN(C)CCN(C1CCN(C)CC1)S(=O)(=O)c1ccn[nH]1. The zero-order valence-electron chi connectivity index (χ0n) is 13.0. The Bertz CT molecular complexity index is 521. The minimum Gasteiger partial charge on any atom is -0.308 e. The molecule has 0 atom stereocenters. The number of sulfonamides is 1. The smallest absolute Gasteiger partial charge is 0.260 e. The van der Waals surface area contributed by atoms with Crippen LogP contribution in [0, 0.1) is 0 Å². The lowest BCUT2D eigenvalue weighted by Crippen LogP contribution is -2.48. The molecule has 1 N–H and O–H groups in total. The molecule has 0 spiro atoms. The second-order valence-electron chi connectivity index (χ2n) is 5.87. The van der Waals surface area contributed by atoms with Crippen LogP contribution in [0.3, 0.4) is 0 Å². The van der Waals surface area contributed by atoms with E-state index in [-0.39, 0.29) is 11.1 Å². The van der Waals surface area contributed by atoms with Crippen LogP contribution in [0.15, 0.2) is 17.3 Å². The Kier molecular flexibility index (Phi) is 5.37. The van der Waals surface area contributed by atoms with E-state index in [2.05, 4.69) is 22.1 Å². The van der Waals surface area contributed by atoms with Crippen LogP contribution in [0.4, 0.5) is 0 Å². The molecule has 0 amide bonds. The maximum absolute atomic E-state index is 12.8. The standard InChI is InChI=1S/C13H25N5O2S/c1-16(2)10-11-18(12-5-8-17(3)9-6-12)21(19,20)13-4-7-14-15-13/h4,7,12H,5-6,8-11H2,1-3H3,(H,14,15). The minimum absolute atomic E-state index is 0.0643. The van der Waals surface area contributed by atoms with Crippen LogP contribution in [0.5, 0.6) is 0 Å². The number of likely N-dealkylation sites (N-methyl/N-ethyl adjacent to an activating group) is 1. The van der Waals surface area contributed by atoms with Gasteiger partial charge in [0.25, 0.3) is 10.0 Å². The van der Waals surface area contributed by atoms with Crippen molar-refractivity contribution in [1.82, 2.24) is 24.3 Å². The molecule has 120 valence electrons. The lowest BCUT2D eigenvalue weighted by molar-refractivity contribution is 0.175. The second kappa shape index (κ2) is 6.87. The second-order valence-corrected chi connectivity index (χ2v) is 7.73. The molecular weight excluding hydrogens is 290 g/mol. The van der Waals surface area contributed by atoms with Crippen molar-refractivity contribution in [2.45, 2.75) is 23.9 Å². The van der Waals surface area contributed by atoms with Gasteiger partial charge in [-0.2, -0.15) is 9.40 Å². The average molecular weight is 315 g/mol. The number of hydrogen-bond donors (Lipinski definition) is 1. The van der Waals surface area contributed by atoms with Crippen molar-refractivity contribution in [1.29, 1.82) is 0 Å². The number of piperidine rings is 1. The van der Waals surface area contributed by atoms with Gasteiger partial charge in [-0.1, -0.05) is 0 Å². The topological polar surface area (TPSA) is 72.5 Å². The maximum Gasteiger partial charge on any atom is 0.260 e. The summed E-state index contributed by atoms with van der Waals surface area (Å²) >= 11 is 0. The van der Waals surface area contributed by atoms with E-state index in [4.69, 9.17) is 0 Å². The zero-order valence-corrected chi connectivity index (χ0v) is 13.8. The number of nitrogens with one attached hydrogen (secondary N) is 1. The fraction of sp³-hybridized carbons (Fsp3) is 0.769. The molecule has 1 saturated heterocycles. The predicted molar refractivity (Wildman–Crippen MR) is 81.6 cm³/mol. The molecule has 0 radical (unpaired) electrons. The summed E-state index contributed by atoms with van der Waals surface area (Å²) < 4.78 is 27.3. The molecule has 0 saturated carbocycles. The van der Waals surface area contributed by atoms with Gasteiger partial charge in [-0.15, -0.1) is 0 Å². The first-order valence-corrected chi connectivity index (χ1v) is 8.70. The highest BCUT2D eigenvalue weighted by atomic mass is 32.2. The summed E-state index contributed by atoms with van der Waals surface area (Å²) in [6, 6.07) is 1.59. The Morgan fingerprint density at radius 2 is 2.00 bits per heavy atom. The van der Waals surface area contributed by atoms with Gasteiger partial charge in [0, 0.05) is 19.1 Å². The molecule has 1 aromatic rings. The fourth-order valence-electron chi connectivity index (χ4n) is 2.59. The maximum atomic E-state index is 12.8. The first-order chi connectivity index (χ1) is 9.91.